The van der Waals surface area contributed by atoms with Crippen molar-refractivity contribution >= 4 is 63.7 Å². The largest absolute Gasteiger partial charge is 0.508 e. The maximum Gasteiger partial charge on any atom is 0.129 e. The van der Waals surface area contributed by atoms with E-state index in [9.17, 15) is 15.3 Å². The summed E-state index contributed by atoms with van der Waals surface area (Å²) in [6, 6.07) is 24.0. The van der Waals surface area contributed by atoms with Crippen molar-refractivity contribution in [3.63, 3.8) is 0 Å². The molecule has 5 rings (SSSR count). The second-order valence-electron chi connectivity index (χ2n) is 12.5. The summed E-state index contributed by atoms with van der Waals surface area (Å²) in [5.74, 6) is 2.57. The lowest BCUT2D eigenvalue weighted by atomic mass is 9.84. The Kier molecular flexibility index (Phi) is 21.3. The number of phenols is 4. The van der Waals surface area contributed by atoms with Crippen molar-refractivity contribution < 1.29 is 20.4 Å². The Bertz CT molecular complexity index is 1500. The van der Waals surface area contributed by atoms with Crippen LogP contribution >= 0.6 is 63.7 Å². The van der Waals surface area contributed by atoms with Crippen molar-refractivity contribution in [2.24, 2.45) is 0 Å². The van der Waals surface area contributed by atoms with E-state index in [-0.39, 0.29) is 5.75 Å². The van der Waals surface area contributed by atoms with Crippen LogP contribution in [0.4, 0.5) is 0 Å². The highest BCUT2D eigenvalue weighted by molar-refractivity contribution is 9.11. The first-order valence-electron chi connectivity index (χ1n) is 17.3. The molecule has 0 radical (unpaired) electrons. The van der Waals surface area contributed by atoms with Crippen molar-refractivity contribution in [1.29, 1.82) is 0 Å². The second-order valence-corrected chi connectivity index (χ2v) is 16.1. The zero-order valence-electron chi connectivity index (χ0n) is 28.9. The van der Waals surface area contributed by atoms with Gasteiger partial charge in [0.25, 0.3) is 0 Å². The van der Waals surface area contributed by atoms with Gasteiger partial charge in [-0.25, -0.2) is 0 Å². The average Bonchev–Trinajstić information content (AvgIpc) is 3.09. The zero-order chi connectivity index (χ0) is 36.2. The van der Waals surface area contributed by atoms with Gasteiger partial charge in [-0.1, -0.05) is 126 Å². The minimum absolute atomic E-state index is 0.285. The molecule has 1 unspecified atom stereocenters. The molecule has 4 aromatic rings. The predicted octanol–water partition coefficient (Wildman–Crippen LogP) is 14.7. The van der Waals surface area contributed by atoms with Gasteiger partial charge in [0.1, 0.15) is 23.0 Å². The molecule has 49 heavy (non-hydrogen) atoms. The van der Waals surface area contributed by atoms with E-state index in [1.165, 1.54) is 51.4 Å². The summed E-state index contributed by atoms with van der Waals surface area (Å²) < 4.78 is 3.87. The molecule has 1 fully saturated rings. The summed E-state index contributed by atoms with van der Waals surface area (Å²) >= 11 is 13.4. The van der Waals surface area contributed by atoms with Gasteiger partial charge in [-0.3, -0.25) is 0 Å². The molecule has 0 aliphatic heterocycles. The van der Waals surface area contributed by atoms with Gasteiger partial charge >= 0.3 is 0 Å². The Morgan fingerprint density at radius 1 is 0.612 bits per heavy atom. The van der Waals surface area contributed by atoms with Crippen molar-refractivity contribution in [2.45, 2.75) is 110 Å². The van der Waals surface area contributed by atoms with Gasteiger partial charge in [-0.15, -0.1) is 0 Å². The number of para-hydroxylation sites is 1. The SMILES string of the molecule is CCCC(C)c1cc(Br)ccc1O.CCCCCCc1cc(Br)ccc1O.Oc1ccc(Br)cc1C1CCCCC1.Oc1ccccc1Br. The number of hydrogen-bond donors (Lipinski definition) is 4. The summed E-state index contributed by atoms with van der Waals surface area (Å²) in [7, 11) is 0. The molecule has 4 N–H and O–H groups in total. The quantitative estimate of drug-likeness (QED) is 0.126. The summed E-state index contributed by atoms with van der Waals surface area (Å²) in [6.45, 7) is 6.51. The minimum Gasteiger partial charge on any atom is -0.508 e. The number of hydrogen-bond acceptors (Lipinski definition) is 4. The molecule has 1 aliphatic carbocycles. The van der Waals surface area contributed by atoms with Crippen LogP contribution in [0, 0.1) is 0 Å². The molecular weight excluding hydrogens is 876 g/mol. The van der Waals surface area contributed by atoms with E-state index in [2.05, 4.69) is 90.6 Å². The van der Waals surface area contributed by atoms with Crippen LogP contribution in [-0.2, 0) is 6.42 Å². The topological polar surface area (TPSA) is 80.9 Å². The first-order valence-corrected chi connectivity index (χ1v) is 20.5. The molecule has 1 aliphatic rings. The van der Waals surface area contributed by atoms with Crippen molar-refractivity contribution in [1.82, 2.24) is 0 Å². The van der Waals surface area contributed by atoms with Gasteiger partial charge < -0.3 is 20.4 Å². The fraction of sp³-hybridized carbons (Fsp3) is 0.415. The third-order valence-corrected chi connectivity index (χ3v) is 10.6. The molecule has 0 saturated heterocycles. The number of aromatic hydroxyl groups is 4. The van der Waals surface area contributed by atoms with Crippen molar-refractivity contribution in [3.05, 3.63) is 113 Å². The van der Waals surface area contributed by atoms with E-state index in [4.69, 9.17) is 5.11 Å². The molecule has 268 valence electrons. The van der Waals surface area contributed by atoms with Gasteiger partial charge in [0.15, 0.2) is 0 Å². The standard InChI is InChI=1S/C12H15BrO.C12H17BrO.C11H15BrO.C6H5BrO/c13-10-6-7-12(14)11(8-10)9-4-2-1-3-5-9;1-2-3-4-5-6-10-9-11(13)7-8-12(10)14;1-3-4-8(2)10-7-9(12)5-6-11(10)13;7-5-3-1-2-4-6(5)8/h6-9,14H,1-5H2;7-9,14H,2-6H2,1H3;5-8,13H,3-4H2,1-2H3;1-4,8H. The Morgan fingerprint density at radius 2 is 1.20 bits per heavy atom. The molecule has 0 amide bonds. The molecule has 4 nitrogen and oxygen atoms in total. The van der Waals surface area contributed by atoms with Gasteiger partial charge in [-0.05, 0) is 143 Å². The van der Waals surface area contributed by atoms with E-state index in [1.807, 2.05) is 36.4 Å². The maximum atomic E-state index is 9.77. The molecule has 1 saturated carbocycles. The first-order chi connectivity index (χ1) is 23.5. The zero-order valence-corrected chi connectivity index (χ0v) is 35.3. The van der Waals surface area contributed by atoms with Crippen LogP contribution in [0.15, 0.2) is 96.8 Å². The van der Waals surface area contributed by atoms with Gasteiger partial charge in [0.05, 0.1) is 4.47 Å². The van der Waals surface area contributed by atoms with Gasteiger partial charge in [-0.2, -0.15) is 0 Å². The smallest absolute Gasteiger partial charge is 0.129 e. The summed E-state index contributed by atoms with van der Waals surface area (Å²) in [6.07, 6.45) is 14.6. The Balaban J connectivity index is 0.000000231. The van der Waals surface area contributed by atoms with Crippen LogP contribution in [-0.4, -0.2) is 20.4 Å². The third kappa shape index (κ3) is 16.7. The maximum absolute atomic E-state index is 9.77. The second kappa shape index (κ2) is 24.2. The van der Waals surface area contributed by atoms with Crippen LogP contribution in [0.5, 0.6) is 23.0 Å². The fourth-order valence-electron chi connectivity index (χ4n) is 5.72. The molecule has 1 atom stereocenters. The van der Waals surface area contributed by atoms with Gasteiger partial charge in [0.2, 0.25) is 0 Å². The van der Waals surface area contributed by atoms with E-state index in [0.29, 0.717) is 29.1 Å². The fourth-order valence-corrected chi connectivity index (χ4v) is 7.17. The average molecular weight is 928 g/mol. The number of aryl methyl sites for hydroxylation is 1. The summed E-state index contributed by atoms with van der Waals surface area (Å²) in [5.41, 5.74) is 3.21. The van der Waals surface area contributed by atoms with E-state index < -0.39 is 0 Å². The van der Waals surface area contributed by atoms with Gasteiger partial charge in [0, 0.05) is 13.4 Å². The van der Waals surface area contributed by atoms with Crippen LogP contribution in [0.1, 0.15) is 120 Å². The van der Waals surface area contributed by atoms with Crippen LogP contribution in [0.3, 0.4) is 0 Å². The lowest BCUT2D eigenvalue weighted by Crippen LogP contribution is -2.04. The van der Waals surface area contributed by atoms with Crippen molar-refractivity contribution in [2.75, 3.05) is 0 Å². The van der Waals surface area contributed by atoms with Crippen molar-refractivity contribution in [3.8, 4) is 23.0 Å². The Labute approximate surface area is 327 Å². The molecule has 0 spiro atoms. The Morgan fingerprint density at radius 3 is 1.80 bits per heavy atom. The number of halogens is 4. The third-order valence-electron chi connectivity index (χ3n) is 8.47. The van der Waals surface area contributed by atoms with Crippen LogP contribution in [0.25, 0.3) is 0 Å². The highest BCUT2D eigenvalue weighted by Gasteiger charge is 2.18. The lowest BCUT2D eigenvalue weighted by Gasteiger charge is -2.22. The number of phenolic OH excluding ortho intramolecular Hbond substituents is 4. The normalized spacial score (nSPS) is 13.1. The molecule has 4 aromatic carbocycles. The number of unbranched alkanes of at least 4 members (excludes halogenated alkanes) is 3. The molecular formula is C41H52Br4O4. The molecule has 0 bridgehead atoms. The summed E-state index contributed by atoms with van der Waals surface area (Å²) in [5, 5.41) is 37.8. The van der Waals surface area contributed by atoms with E-state index in [1.54, 1.807) is 36.4 Å². The van der Waals surface area contributed by atoms with Crippen LogP contribution in [0.2, 0.25) is 0 Å². The number of benzene rings is 4. The Hall–Kier alpha value is -2.00. The predicted molar refractivity (Wildman–Crippen MR) is 220 cm³/mol. The molecule has 0 aromatic heterocycles. The lowest BCUT2D eigenvalue weighted by molar-refractivity contribution is 0.414. The molecule has 8 heteroatoms. The minimum atomic E-state index is 0.285. The molecule has 0 heterocycles. The summed E-state index contributed by atoms with van der Waals surface area (Å²) in [4.78, 5) is 0. The monoisotopic (exact) mass is 924 g/mol. The van der Waals surface area contributed by atoms with E-state index >= 15 is 0 Å². The van der Waals surface area contributed by atoms with E-state index in [0.717, 1.165) is 60.3 Å². The number of rotatable bonds is 9. The highest BCUT2D eigenvalue weighted by atomic mass is 79.9. The van der Waals surface area contributed by atoms with Crippen LogP contribution < -0.4 is 0 Å². The highest BCUT2D eigenvalue weighted by Crippen LogP contribution is 2.38. The first kappa shape index (κ1) is 43.2.